The van der Waals surface area contributed by atoms with E-state index in [0.717, 1.165) is 5.56 Å². The van der Waals surface area contributed by atoms with Gasteiger partial charge in [0, 0.05) is 0 Å². The van der Waals surface area contributed by atoms with Crippen LogP contribution in [-0.2, 0) is 14.3 Å². The van der Waals surface area contributed by atoms with Gasteiger partial charge in [0.15, 0.2) is 16.7 Å². The molecule has 2 aliphatic heterocycles. The Balaban J connectivity index is 2.14. The predicted octanol–water partition coefficient (Wildman–Crippen LogP) is 4.08. The van der Waals surface area contributed by atoms with Crippen LogP contribution in [0.1, 0.15) is 53.1 Å². The number of carbonyl (C=O) groups is 2. The monoisotopic (exact) mass is 432 g/mol. The molecular weight excluding hydrogens is 404 g/mol. The molecule has 30 heavy (non-hydrogen) atoms. The lowest BCUT2D eigenvalue weighted by atomic mass is 9.94. The summed E-state index contributed by atoms with van der Waals surface area (Å²) in [5, 5.41) is 0.330. The number of esters is 1. The summed E-state index contributed by atoms with van der Waals surface area (Å²) in [7, 11) is 0. The largest absolute Gasteiger partial charge is 0.490 e. The van der Waals surface area contributed by atoms with Gasteiger partial charge in [-0.15, -0.1) is 0 Å². The molecule has 0 spiro atoms. The van der Waals surface area contributed by atoms with Crippen LogP contribution in [0.4, 0.5) is 0 Å². The molecule has 1 amide bonds. The quantitative estimate of drug-likeness (QED) is 0.604. The average molecular weight is 433 g/mol. The SMILES string of the molecule is CCOc1ccc(C2C(C(=O)OC(C)C)=C(C)N=C3SC(C)C(=O)N32)cc1OCC. The van der Waals surface area contributed by atoms with Gasteiger partial charge in [-0.2, -0.15) is 0 Å². The Labute approximate surface area is 181 Å². The van der Waals surface area contributed by atoms with Crippen molar-refractivity contribution in [1.82, 2.24) is 4.90 Å². The summed E-state index contributed by atoms with van der Waals surface area (Å²) in [6.07, 6.45) is -0.286. The molecular formula is C22H28N2O5S. The van der Waals surface area contributed by atoms with Crippen molar-refractivity contribution in [2.45, 2.75) is 58.9 Å². The molecule has 162 valence electrons. The van der Waals surface area contributed by atoms with Crippen molar-refractivity contribution >= 4 is 28.8 Å². The summed E-state index contributed by atoms with van der Waals surface area (Å²) in [6, 6.07) is 4.87. The van der Waals surface area contributed by atoms with Crippen molar-refractivity contribution < 1.29 is 23.8 Å². The molecule has 2 heterocycles. The van der Waals surface area contributed by atoms with E-state index in [-0.39, 0.29) is 17.3 Å². The van der Waals surface area contributed by atoms with E-state index in [9.17, 15) is 9.59 Å². The van der Waals surface area contributed by atoms with Crippen LogP contribution in [0.15, 0.2) is 34.5 Å². The normalized spacial score (nSPS) is 21.0. The Morgan fingerprint density at radius 3 is 2.50 bits per heavy atom. The van der Waals surface area contributed by atoms with Crippen molar-refractivity contribution in [2.75, 3.05) is 13.2 Å². The zero-order valence-electron chi connectivity index (χ0n) is 18.2. The van der Waals surface area contributed by atoms with E-state index in [4.69, 9.17) is 14.2 Å². The molecule has 1 aromatic carbocycles. The third kappa shape index (κ3) is 4.19. The minimum absolute atomic E-state index is 0.0852. The van der Waals surface area contributed by atoms with Gasteiger partial charge < -0.3 is 14.2 Å². The van der Waals surface area contributed by atoms with E-state index in [1.165, 1.54) is 11.8 Å². The summed E-state index contributed by atoms with van der Waals surface area (Å²) in [5.41, 5.74) is 1.66. The van der Waals surface area contributed by atoms with Crippen LogP contribution >= 0.6 is 11.8 Å². The van der Waals surface area contributed by atoms with Crippen molar-refractivity contribution in [2.24, 2.45) is 4.99 Å². The van der Waals surface area contributed by atoms with Crippen LogP contribution in [0.3, 0.4) is 0 Å². The summed E-state index contributed by atoms with van der Waals surface area (Å²) in [4.78, 5) is 32.1. The van der Waals surface area contributed by atoms with Crippen LogP contribution < -0.4 is 9.47 Å². The fourth-order valence-electron chi connectivity index (χ4n) is 3.49. The molecule has 2 atom stereocenters. The number of amides is 1. The number of carbonyl (C=O) groups excluding carboxylic acids is 2. The number of fused-ring (bicyclic) bond motifs is 1. The highest BCUT2D eigenvalue weighted by Gasteiger charge is 2.46. The number of hydrogen-bond donors (Lipinski definition) is 0. The average Bonchev–Trinajstić information content (AvgIpc) is 2.95. The van der Waals surface area contributed by atoms with E-state index >= 15 is 0 Å². The third-order valence-electron chi connectivity index (χ3n) is 4.70. The maximum absolute atomic E-state index is 13.0. The zero-order chi connectivity index (χ0) is 22.0. The Morgan fingerprint density at radius 2 is 1.87 bits per heavy atom. The second-order valence-electron chi connectivity index (χ2n) is 7.29. The van der Waals surface area contributed by atoms with Crippen LogP contribution in [0.2, 0.25) is 0 Å². The Kier molecular flexibility index (Phi) is 6.75. The number of benzene rings is 1. The fourth-order valence-corrected chi connectivity index (χ4v) is 4.52. The maximum Gasteiger partial charge on any atom is 0.338 e. The Hall–Kier alpha value is -2.48. The second kappa shape index (κ2) is 9.12. The summed E-state index contributed by atoms with van der Waals surface area (Å²) in [5.74, 6) is 0.634. The van der Waals surface area contributed by atoms with Gasteiger partial charge in [-0.25, -0.2) is 9.79 Å². The smallest absolute Gasteiger partial charge is 0.338 e. The van der Waals surface area contributed by atoms with Crippen molar-refractivity contribution in [1.29, 1.82) is 0 Å². The predicted molar refractivity (Wildman–Crippen MR) is 117 cm³/mol. The lowest BCUT2D eigenvalue weighted by molar-refractivity contribution is -0.143. The van der Waals surface area contributed by atoms with E-state index < -0.39 is 12.0 Å². The number of rotatable bonds is 7. The summed E-state index contributed by atoms with van der Waals surface area (Å²) >= 11 is 1.40. The maximum atomic E-state index is 13.0. The Bertz CT molecular complexity index is 909. The van der Waals surface area contributed by atoms with E-state index in [1.807, 2.05) is 39.0 Å². The minimum atomic E-state index is -0.636. The van der Waals surface area contributed by atoms with Crippen molar-refractivity contribution in [3.05, 3.63) is 35.0 Å². The molecule has 0 bridgehead atoms. The highest BCUT2D eigenvalue weighted by Crippen LogP contribution is 2.45. The highest BCUT2D eigenvalue weighted by atomic mass is 32.2. The fraction of sp³-hybridized carbons (Fsp3) is 0.500. The molecule has 0 radical (unpaired) electrons. The lowest BCUT2D eigenvalue weighted by Gasteiger charge is -2.33. The number of aliphatic imine (C=N–C) groups is 1. The van der Waals surface area contributed by atoms with Gasteiger partial charge in [0.25, 0.3) is 0 Å². The van der Waals surface area contributed by atoms with E-state index in [0.29, 0.717) is 41.2 Å². The molecule has 2 aliphatic rings. The Morgan fingerprint density at radius 1 is 1.20 bits per heavy atom. The molecule has 3 rings (SSSR count). The topological polar surface area (TPSA) is 77.4 Å². The standard InChI is InChI=1S/C22H28N2O5S/c1-7-27-16-10-9-15(11-17(16)28-8-2)19-18(21(26)29-12(3)4)13(5)23-22-24(19)20(25)14(6)30-22/h9-12,14,19H,7-8H2,1-6H3. The third-order valence-corrected chi connectivity index (χ3v) is 5.76. The van der Waals surface area contributed by atoms with E-state index in [1.54, 1.807) is 25.7 Å². The van der Waals surface area contributed by atoms with Crippen LogP contribution in [-0.4, -0.2) is 46.5 Å². The van der Waals surface area contributed by atoms with Crippen molar-refractivity contribution in [3.8, 4) is 11.5 Å². The minimum Gasteiger partial charge on any atom is -0.490 e. The van der Waals surface area contributed by atoms with Gasteiger partial charge >= 0.3 is 5.97 Å². The molecule has 0 saturated carbocycles. The van der Waals surface area contributed by atoms with Crippen LogP contribution in [0.25, 0.3) is 0 Å². The molecule has 1 saturated heterocycles. The molecule has 8 heteroatoms. The lowest BCUT2D eigenvalue weighted by Crippen LogP contribution is -2.40. The molecule has 0 N–H and O–H groups in total. The molecule has 0 aromatic heterocycles. The first kappa shape index (κ1) is 22.2. The molecule has 2 unspecified atom stereocenters. The van der Waals surface area contributed by atoms with Gasteiger partial charge in [-0.3, -0.25) is 9.69 Å². The van der Waals surface area contributed by atoms with Gasteiger partial charge in [-0.1, -0.05) is 17.8 Å². The second-order valence-corrected chi connectivity index (χ2v) is 8.60. The summed E-state index contributed by atoms with van der Waals surface area (Å²) < 4.78 is 16.9. The van der Waals surface area contributed by atoms with Crippen LogP contribution in [0, 0.1) is 0 Å². The molecule has 1 fully saturated rings. The van der Waals surface area contributed by atoms with E-state index in [2.05, 4.69) is 4.99 Å². The van der Waals surface area contributed by atoms with Gasteiger partial charge in [0.1, 0.15) is 0 Å². The number of allylic oxidation sites excluding steroid dienone is 1. The number of hydrogen-bond acceptors (Lipinski definition) is 7. The molecule has 7 nitrogen and oxygen atoms in total. The van der Waals surface area contributed by atoms with Gasteiger partial charge in [0.2, 0.25) is 5.91 Å². The van der Waals surface area contributed by atoms with Crippen LogP contribution in [0.5, 0.6) is 11.5 Å². The molecule has 1 aromatic rings. The number of nitrogens with zero attached hydrogens (tertiary/aromatic N) is 2. The number of thioether (sulfide) groups is 1. The summed E-state index contributed by atoms with van der Waals surface area (Å²) in [6.45, 7) is 12.0. The first-order valence-corrected chi connectivity index (χ1v) is 11.1. The highest BCUT2D eigenvalue weighted by molar-refractivity contribution is 8.15. The number of ether oxygens (including phenoxy) is 3. The van der Waals surface area contributed by atoms with Gasteiger partial charge in [0.05, 0.1) is 41.9 Å². The van der Waals surface area contributed by atoms with Gasteiger partial charge in [-0.05, 0) is 59.2 Å². The molecule has 0 aliphatic carbocycles. The first-order valence-electron chi connectivity index (χ1n) is 10.2. The number of amidine groups is 1. The zero-order valence-corrected chi connectivity index (χ0v) is 19.0. The first-order chi connectivity index (χ1) is 14.3. The van der Waals surface area contributed by atoms with Crippen molar-refractivity contribution in [3.63, 3.8) is 0 Å².